The van der Waals surface area contributed by atoms with Gasteiger partial charge in [0.1, 0.15) is 0 Å². The lowest BCUT2D eigenvalue weighted by Crippen LogP contribution is -2.48. The lowest BCUT2D eigenvalue weighted by Gasteiger charge is -2.34. The van der Waals surface area contributed by atoms with Gasteiger partial charge in [-0.05, 0) is 11.4 Å². The van der Waals surface area contributed by atoms with Gasteiger partial charge in [0.2, 0.25) is 0 Å². The summed E-state index contributed by atoms with van der Waals surface area (Å²) >= 11 is 1.78. The first-order valence-electron chi connectivity index (χ1n) is 9.80. The first kappa shape index (κ1) is 24.8. The molecule has 29 heavy (non-hydrogen) atoms. The molecule has 2 N–H and O–H groups in total. The van der Waals surface area contributed by atoms with E-state index in [-0.39, 0.29) is 35.5 Å². The summed E-state index contributed by atoms with van der Waals surface area (Å²) in [7, 11) is -1.05. The molecule has 3 heterocycles. The number of nitrogens with zero attached hydrogens (tertiary/aromatic N) is 3. The van der Waals surface area contributed by atoms with Crippen LogP contribution in [0.15, 0.2) is 22.5 Å². The molecule has 0 spiro atoms. The summed E-state index contributed by atoms with van der Waals surface area (Å²) in [6.07, 6.45) is 0. The van der Waals surface area contributed by atoms with Gasteiger partial charge in [-0.3, -0.25) is 14.8 Å². The number of hydrogen-bond donors (Lipinski definition) is 2. The molecule has 1 unspecified atom stereocenters. The van der Waals surface area contributed by atoms with Crippen molar-refractivity contribution in [1.29, 1.82) is 0 Å². The van der Waals surface area contributed by atoms with Crippen molar-refractivity contribution in [1.82, 2.24) is 20.4 Å². The molecular formula is C18H32IN5O3S2. The number of hydrogen-bond acceptors (Lipinski definition) is 7. The van der Waals surface area contributed by atoms with Crippen LogP contribution in [0.1, 0.15) is 10.9 Å². The van der Waals surface area contributed by atoms with E-state index in [0.29, 0.717) is 19.1 Å². The van der Waals surface area contributed by atoms with E-state index in [1.54, 1.807) is 18.4 Å². The van der Waals surface area contributed by atoms with Gasteiger partial charge < -0.3 is 15.4 Å². The zero-order valence-electron chi connectivity index (χ0n) is 16.9. The molecule has 1 aromatic rings. The molecule has 0 bridgehead atoms. The highest BCUT2D eigenvalue weighted by Gasteiger charge is 2.24. The maximum atomic E-state index is 11.5. The standard InChI is InChI=1S/C18H31N5O3S2.HI/c1-19-18(20-4-5-22-8-13-28(24,25)14-9-22)21-15-16(17-3-2-12-27-17)23-6-10-26-11-7-23;/h2-3,12,16H,4-11,13-15H2,1H3,(H2,19,20,21);1H. The minimum Gasteiger partial charge on any atom is -0.379 e. The normalized spacial score (nSPS) is 21.9. The number of nitrogens with one attached hydrogen (secondary N) is 2. The largest absolute Gasteiger partial charge is 0.379 e. The first-order valence-corrected chi connectivity index (χ1v) is 12.5. The van der Waals surface area contributed by atoms with Gasteiger partial charge in [0.05, 0.1) is 30.8 Å². The molecule has 0 aliphatic carbocycles. The van der Waals surface area contributed by atoms with Crippen molar-refractivity contribution in [2.75, 3.05) is 77.6 Å². The van der Waals surface area contributed by atoms with E-state index in [2.05, 4.69) is 42.9 Å². The third kappa shape index (κ3) is 7.94. The van der Waals surface area contributed by atoms with E-state index in [0.717, 1.165) is 51.9 Å². The first-order chi connectivity index (χ1) is 13.6. The predicted molar refractivity (Wildman–Crippen MR) is 129 cm³/mol. The average Bonchev–Trinajstić information content (AvgIpc) is 3.23. The lowest BCUT2D eigenvalue weighted by atomic mass is 10.2. The summed E-state index contributed by atoms with van der Waals surface area (Å²) < 4.78 is 28.5. The number of aliphatic imine (C=N–C) groups is 1. The van der Waals surface area contributed by atoms with Crippen molar-refractivity contribution in [2.24, 2.45) is 4.99 Å². The van der Waals surface area contributed by atoms with Gasteiger partial charge in [0, 0.05) is 57.7 Å². The van der Waals surface area contributed by atoms with Crippen LogP contribution in [-0.4, -0.2) is 102 Å². The highest BCUT2D eigenvalue weighted by Crippen LogP contribution is 2.25. The molecule has 8 nitrogen and oxygen atoms in total. The summed E-state index contributed by atoms with van der Waals surface area (Å²) in [5.41, 5.74) is 0. The summed E-state index contributed by atoms with van der Waals surface area (Å²) in [5, 5.41) is 8.92. The number of rotatable bonds is 7. The quantitative estimate of drug-likeness (QED) is 0.289. The van der Waals surface area contributed by atoms with Crippen LogP contribution in [0.5, 0.6) is 0 Å². The molecule has 166 valence electrons. The van der Waals surface area contributed by atoms with Gasteiger partial charge in [-0.15, -0.1) is 35.3 Å². The Hall–Kier alpha value is -0.470. The Morgan fingerprint density at radius 3 is 2.59 bits per heavy atom. The fourth-order valence-electron chi connectivity index (χ4n) is 3.50. The number of thiophene rings is 1. The molecule has 0 saturated carbocycles. The van der Waals surface area contributed by atoms with Crippen LogP contribution in [0.25, 0.3) is 0 Å². The van der Waals surface area contributed by atoms with Crippen LogP contribution in [0.4, 0.5) is 0 Å². The van der Waals surface area contributed by atoms with Crippen molar-refractivity contribution in [3.63, 3.8) is 0 Å². The molecule has 3 rings (SSSR count). The zero-order valence-corrected chi connectivity index (χ0v) is 20.8. The van der Waals surface area contributed by atoms with Gasteiger partial charge >= 0.3 is 0 Å². The van der Waals surface area contributed by atoms with Gasteiger partial charge in [0.25, 0.3) is 0 Å². The molecule has 0 aromatic carbocycles. The Balaban J connectivity index is 0.00000300. The maximum Gasteiger partial charge on any atom is 0.191 e. The van der Waals surface area contributed by atoms with Crippen molar-refractivity contribution in [2.45, 2.75) is 6.04 Å². The molecule has 0 amide bonds. The molecule has 2 fully saturated rings. The third-order valence-electron chi connectivity index (χ3n) is 5.20. The average molecular weight is 558 g/mol. The van der Waals surface area contributed by atoms with Crippen molar-refractivity contribution < 1.29 is 13.2 Å². The molecule has 2 aliphatic heterocycles. The van der Waals surface area contributed by atoms with Crippen LogP contribution in [0.3, 0.4) is 0 Å². The van der Waals surface area contributed by atoms with Crippen molar-refractivity contribution >= 4 is 51.1 Å². The Kier molecular flexibility index (Phi) is 10.6. The van der Waals surface area contributed by atoms with E-state index in [1.165, 1.54) is 4.88 Å². The van der Waals surface area contributed by atoms with E-state index in [4.69, 9.17) is 4.74 Å². The molecule has 2 saturated heterocycles. The molecular weight excluding hydrogens is 525 g/mol. The van der Waals surface area contributed by atoms with Crippen molar-refractivity contribution in [3.8, 4) is 0 Å². The van der Waals surface area contributed by atoms with E-state index < -0.39 is 9.84 Å². The summed E-state index contributed by atoms with van der Waals surface area (Å²) in [6, 6.07) is 4.58. The van der Waals surface area contributed by atoms with Crippen LogP contribution < -0.4 is 10.6 Å². The van der Waals surface area contributed by atoms with Crippen LogP contribution >= 0.6 is 35.3 Å². The lowest BCUT2D eigenvalue weighted by molar-refractivity contribution is 0.0177. The van der Waals surface area contributed by atoms with Crippen LogP contribution in [0.2, 0.25) is 0 Å². The number of ether oxygens (including phenoxy) is 1. The van der Waals surface area contributed by atoms with E-state index in [9.17, 15) is 8.42 Å². The minimum atomic E-state index is -2.82. The number of guanidine groups is 1. The second kappa shape index (κ2) is 12.4. The number of morpholine rings is 1. The Bertz CT molecular complexity index is 710. The van der Waals surface area contributed by atoms with Gasteiger partial charge in [-0.1, -0.05) is 6.07 Å². The molecule has 1 atom stereocenters. The summed E-state index contributed by atoms with van der Waals surface area (Å²) in [6.45, 7) is 7.00. The van der Waals surface area contributed by atoms with Gasteiger partial charge in [-0.25, -0.2) is 8.42 Å². The fourth-order valence-corrected chi connectivity index (χ4v) is 5.64. The Morgan fingerprint density at radius 1 is 1.24 bits per heavy atom. The van der Waals surface area contributed by atoms with Gasteiger partial charge in [-0.2, -0.15) is 0 Å². The number of halogens is 1. The highest BCUT2D eigenvalue weighted by molar-refractivity contribution is 14.0. The summed E-state index contributed by atoms with van der Waals surface area (Å²) in [4.78, 5) is 10.3. The predicted octanol–water partition coefficient (Wildman–Crippen LogP) is 0.635. The fraction of sp³-hybridized carbons (Fsp3) is 0.722. The van der Waals surface area contributed by atoms with Crippen LogP contribution in [-0.2, 0) is 14.6 Å². The Labute approximate surface area is 195 Å². The van der Waals surface area contributed by atoms with E-state index >= 15 is 0 Å². The zero-order chi connectivity index (χ0) is 19.8. The third-order valence-corrected chi connectivity index (χ3v) is 7.78. The molecule has 2 aliphatic rings. The molecule has 11 heteroatoms. The second-order valence-corrected chi connectivity index (χ2v) is 10.3. The van der Waals surface area contributed by atoms with Crippen molar-refractivity contribution in [3.05, 3.63) is 22.4 Å². The van der Waals surface area contributed by atoms with Crippen LogP contribution in [0, 0.1) is 0 Å². The highest BCUT2D eigenvalue weighted by atomic mass is 127. The Morgan fingerprint density at radius 2 is 1.97 bits per heavy atom. The maximum absolute atomic E-state index is 11.5. The second-order valence-electron chi connectivity index (χ2n) is 7.05. The monoisotopic (exact) mass is 557 g/mol. The topological polar surface area (TPSA) is 86.3 Å². The van der Waals surface area contributed by atoms with E-state index in [1.807, 2.05) is 0 Å². The minimum absolute atomic E-state index is 0. The van der Waals surface area contributed by atoms with Gasteiger partial charge in [0.15, 0.2) is 15.8 Å². The smallest absolute Gasteiger partial charge is 0.191 e. The molecule has 0 radical (unpaired) electrons. The number of sulfone groups is 1. The SMILES string of the molecule is CN=C(NCCN1CCS(=O)(=O)CC1)NCC(c1cccs1)N1CCOCC1.I. The summed E-state index contributed by atoms with van der Waals surface area (Å²) in [5.74, 6) is 1.31. The molecule has 1 aromatic heterocycles.